The minimum Gasteiger partial charge on any atom is -0.508 e. The van der Waals surface area contributed by atoms with Crippen LogP contribution in [0.25, 0.3) is 0 Å². The van der Waals surface area contributed by atoms with E-state index in [1.54, 1.807) is 37.3 Å². The van der Waals surface area contributed by atoms with Crippen molar-refractivity contribution in [3.05, 3.63) is 82.9 Å². The Balaban J connectivity index is 1.92. The van der Waals surface area contributed by atoms with Gasteiger partial charge in [0.2, 0.25) is 0 Å². The largest absolute Gasteiger partial charge is 0.508 e. The maximum absolute atomic E-state index is 15.4. The molecule has 0 fully saturated rings. The summed E-state index contributed by atoms with van der Waals surface area (Å²) in [6.07, 6.45) is 3.50. The monoisotopic (exact) mass is 494 g/mol. The third-order valence-corrected chi connectivity index (χ3v) is 5.18. The molecule has 0 saturated carbocycles. The number of halogens is 1. The first kappa shape index (κ1) is 25.9. The number of amidine groups is 1. The topological polar surface area (TPSA) is 162 Å². The number of aryl methyl sites for hydroxylation is 1. The molecule has 0 radical (unpaired) electrons. The summed E-state index contributed by atoms with van der Waals surface area (Å²) in [6.45, 7) is 3.77. The van der Waals surface area contributed by atoms with Crippen LogP contribution in [0.1, 0.15) is 46.4 Å². The average Bonchev–Trinajstić information content (AvgIpc) is 2.86. The van der Waals surface area contributed by atoms with E-state index in [0.29, 0.717) is 23.2 Å². The van der Waals surface area contributed by atoms with Crippen LogP contribution < -0.4 is 26.6 Å². The van der Waals surface area contributed by atoms with Gasteiger partial charge in [0.05, 0.1) is 12.2 Å². The zero-order valence-electron chi connectivity index (χ0n) is 19.8. The lowest BCUT2D eigenvalue weighted by Crippen LogP contribution is -2.45. The highest BCUT2D eigenvalue weighted by Gasteiger charge is 2.27. The Morgan fingerprint density at radius 2 is 1.92 bits per heavy atom. The van der Waals surface area contributed by atoms with Crippen LogP contribution in [-0.2, 0) is 4.79 Å². The number of benzene rings is 2. The van der Waals surface area contributed by atoms with Crippen LogP contribution >= 0.6 is 0 Å². The molecule has 7 N–H and O–H groups in total. The number of nitrogens with zero attached hydrogens (tertiary/aromatic N) is 1. The number of anilines is 1. The number of aromatic hydroxyl groups is 1. The van der Waals surface area contributed by atoms with Gasteiger partial charge in [-0.2, -0.15) is 0 Å². The summed E-state index contributed by atoms with van der Waals surface area (Å²) in [6, 6.07) is 8.71. The number of hydrogen-bond acceptors (Lipinski definition) is 7. The molecule has 1 unspecified atom stereocenters. The molecule has 0 aliphatic carbocycles. The van der Waals surface area contributed by atoms with E-state index in [-0.39, 0.29) is 35.1 Å². The molecule has 11 heteroatoms. The molecule has 3 aromatic rings. The summed E-state index contributed by atoms with van der Waals surface area (Å²) >= 11 is 0. The molecule has 0 bridgehead atoms. The van der Waals surface area contributed by atoms with Gasteiger partial charge in [-0.25, -0.2) is 4.39 Å². The molecule has 188 valence electrons. The summed E-state index contributed by atoms with van der Waals surface area (Å²) in [5.74, 6) is -2.93. The Bertz CT molecular complexity index is 1270. The van der Waals surface area contributed by atoms with Crippen LogP contribution in [0.2, 0.25) is 0 Å². The van der Waals surface area contributed by atoms with Crippen LogP contribution in [0, 0.1) is 18.2 Å². The zero-order valence-corrected chi connectivity index (χ0v) is 19.8. The van der Waals surface area contributed by atoms with Gasteiger partial charge in [-0.3, -0.25) is 30.8 Å². The highest BCUT2D eigenvalue weighted by atomic mass is 19.1. The second-order valence-corrected chi connectivity index (χ2v) is 7.90. The molecule has 3 rings (SSSR count). The minimum atomic E-state index is -1.39. The van der Waals surface area contributed by atoms with Crippen molar-refractivity contribution in [1.29, 1.82) is 5.41 Å². The first-order valence-corrected chi connectivity index (χ1v) is 11.1. The second-order valence-electron chi connectivity index (χ2n) is 7.90. The summed E-state index contributed by atoms with van der Waals surface area (Å²) in [4.78, 5) is 29.6. The third kappa shape index (κ3) is 6.26. The van der Waals surface area contributed by atoms with Gasteiger partial charge in [-0.05, 0) is 55.3 Å². The number of carbonyl (C=O) groups is 2. The third-order valence-electron chi connectivity index (χ3n) is 5.18. The van der Waals surface area contributed by atoms with Gasteiger partial charge in [0, 0.05) is 35.3 Å². The number of nitrogens with two attached hydrogens (primary N) is 1. The van der Waals surface area contributed by atoms with Gasteiger partial charge in [0.25, 0.3) is 11.8 Å². The average molecular weight is 495 g/mol. The van der Waals surface area contributed by atoms with E-state index in [1.807, 2.05) is 6.92 Å². The quantitative estimate of drug-likeness (QED) is 0.151. The molecular weight excluding hydrogens is 467 g/mol. The fraction of sp³-hybridized carbons (Fsp3) is 0.200. The number of phenolic OH excluding ortho intramolecular Hbond substituents is 1. The van der Waals surface area contributed by atoms with E-state index in [1.165, 1.54) is 12.4 Å². The van der Waals surface area contributed by atoms with Gasteiger partial charge < -0.3 is 20.9 Å². The molecule has 1 atom stereocenters. The normalized spacial score (nSPS) is 11.3. The Morgan fingerprint density at radius 1 is 1.19 bits per heavy atom. The predicted molar refractivity (Wildman–Crippen MR) is 132 cm³/mol. The number of aromatic nitrogens is 1. The van der Waals surface area contributed by atoms with Crippen molar-refractivity contribution in [2.45, 2.75) is 26.3 Å². The van der Waals surface area contributed by atoms with Crippen LogP contribution in [-0.4, -0.2) is 34.3 Å². The molecule has 2 amide bonds. The fourth-order valence-electron chi connectivity index (χ4n) is 3.29. The summed E-state index contributed by atoms with van der Waals surface area (Å²) < 4.78 is 20.8. The van der Waals surface area contributed by atoms with Crippen LogP contribution in [0.15, 0.2) is 54.9 Å². The van der Waals surface area contributed by atoms with E-state index in [9.17, 15) is 14.7 Å². The number of ether oxygens (including phenoxy) is 1. The number of nitrogen functional groups attached to an aromatic ring is 1. The maximum atomic E-state index is 15.4. The number of carbonyl (C=O) groups excluding carboxylic acids is 2. The maximum Gasteiger partial charge on any atom is 0.271 e. The van der Waals surface area contributed by atoms with Crippen molar-refractivity contribution in [2.24, 2.45) is 5.73 Å². The van der Waals surface area contributed by atoms with Crippen LogP contribution in [0.5, 0.6) is 11.5 Å². The van der Waals surface area contributed by atoms with E-state index in [0.717, 1.165) is 12.1 Å². The molecule has 10 nitrogen and oxygen atoms in total. The lowest BCUT2D eigenvalue weighted by atomic mass is 10.0. The second kappa shape index (κ2) is 11.6. The molecule has 0 saturated heterocycles. The number of pyridine rings is 1. The molecule has 0 aliphatic rings. The summed E-state index contributed by atoms with van der Waals surface area (Å²) in [7, 11) is 0. The van der Waals surface area contributed by atoms with Gasteiger partial charge in [0.15, 0.2) is 11.6 Å². The van der Waals surface area contributed by atoms with Crippen LogP contribution in [0.3, 0.4) is 0 Å². The van der Waals surface area contributed by atoms with Crippen molar-refractivity contribution < 1.29 is 23.8 Å². The van der Waals surface area contributed by atoms with E-state index < -0.39 is 23.7 Å². The number of nitrogens with one attached hydrogen (secondary N) is 4. The molecular formula is C25H27FN6O4. The van der Waals surface area contributed by atoms with E-state index >= 15 is 4.39 Å². The van der Waals surface area contributed by atoms with Gasteiger partial charge in [-0.1, -0.05) is 6.92 Å². The SMILES string of the molecule is CCCOc1cc(O)cc(C(Nc2ccc(C(=N)N)cc2)C(=O)NNC(=O)c2cnccc2C)c1F. The lowest BCUT2D eigenvalue weighted by molar-refractivity contribution is -0.122. The molecule has 36 heavy (non-hydrogen) atoms. The Kier molecular flexibility index (Phi) is 8.39. The standard InChI is InChI=1S/C25H27FN6O4/c1-3-10-36-20-12-17(33)11-18(21(20)26)22(30-16-6-4-15(5-7-16)23(27)28)25(35)32-31-24(34)19-13-29-9-8-14(19)2/h4-9,11-13,22,30,33H,3,10H2,1-2H3,(H3,27,28)(H,31,34)(H,32,35). The van der Waals surface area contributed by atoms with E-state index in [2.05, 4.69) is 21.2 Å². The summed E-state index contributed by atoms with van der Waals surface area (Å²) in [5.41, 5.74) is 11.6. The minimum absolute atomic E-state index is 0.138. The summed E-state index contributed by atoms with van der Waals surface area (Å²) in [5, 5.41) is 20.6. The number of amides is 2. The molecule has 1 aromatic heterocycles. The van der Waals surface area contributed by atoms with Crippen molar-refractivity contribution in [3.8, 4) is 11.5 Å². The highest BCUT2D eigenvalue weighted by Crippen LogP contribution is 2.32. The smallest absolute Gasteiger partial charge is 0.271 e. The Hall–Kier alpha value is -4.67. The predicted octanol–water partition coefficient (Wildman–Crippen LogP) is 2.92. The lowest BCUT2D eigenvalue weighted by Gasteiger charge is -2.22. The van der Waals surface area contributed by atoms with Crippen molar-refractivity contribution in [1.82, 2.24) is 15.8 Å². The molecule has 0 spiro atoms. The fourth-order valence-corrected chi connectivity index (χ4v) is 3.29. The Labute approximate surface area is 207 Å². The van der Waals surface area contributed by atoms with Gasteiger partial charge in [-0.15, -0.1) is 0 Å². The van der Waals surface area contributed by atoms with E-state index in [4.69, 9.17) is 15.9 Å². The van der Waals surface area contributed by atoms with Crippen molar-refractivity contribution in [2.75, 3.05) is 11.9 Å². The molecule has 2 aromatic carbocycles. The highest BCUT2D eigenvalue weighted by molar-refractivity contribution is 5.97. The zero-order chi connectivity index (χ0) is 26.2. The van der Waals surface area contributed by atoms with Crippen LogP contribution in [0.4, 0.5) is 10.1 Å². The Morgan fingerprint density at radius 3 is 2.56 bits per heavy atom. The molecule has 0 aliphatic heterocycles. The number of hydrazine groups is 1. The molecule has 1 heterocycles. The van der Waals surface area contributed by atoms with Crippen molar-refractivity contribution in [3.63, 3.8) is 0 Å². The van der Waals surface area contributed by atoms with Gasteiger partial charge >= 0.3 is 0 Å². The first-order valence-electron chi connectivity index (χ1n) is 11.1. The number of hydrogen-bond donors (Lipinski definition) is 6. The number of phenols is 1. The van der Waals surface area contributed by atoms with Gasteiger partial charge in [0.1, 0.15) is 17.6 Å². The van der Waals surface area contributed by atoms with Crippen molar-refractivity contribution >= 4 is 23.3 Å². The number of rotatable bonds is 9. The first-order chi connectivity index (χ1) is 17.2.